The van der Waals surface area contributed by atoms with Gasteiger partial charge in [-0.2, -0.15) is 0 Å². The van der Waals surface area contributed by atoms with Gasteiger partial charge in [-0.15, -0.1) is 0 Å². The van der Waals surface area contributed by atoms with Gasteiger partial charge in [0.1, 0.15) is 17.9 Å². The largest absolute Gasteiger partial charge is 0.488 e. The molecule has 1 fully saturated rings. The van der Waals surface area contributed by atoms with Crippen molar-refractivity contribution in [1.29, 1.82) is 0 Å². The van der Waals surface area contributed by atoms with Crippen LogP contribution in [0.1, 0.15) is 11.1 Å². The smallest absolute Gasteiger partial charge is 0.335 e. The number of nitrogens with one attached hydrogen (secondary N) is 1. The summed E-state index contributed by atoms with van der Waals surface area (Å²) in [4.78, 5) is 49.3. The maximum absolute atomic E-state index is 13.2. The van der Waals surface area contributed by atoms with E-state index in [1.807, 2.05) is 0 Å². The van der Waals surface area contributed by atoms with Crippen molar-refractivity contribution < 1.29 is 24.0 Å². The first-order valence-electron chi connectivity index (χ1n) is 10.1. The number of nitro benzene ring substituents is 1. The number of hydrogen-bond acceptors (Lipinski definition) is 6. The molecule has 0 aliphatic carbocycles. The number of carbonyl (C=O) groups is 3. The maximum atomic E-state index is 13.2. The number of benzene rings is 3. The molecule has 0 spiro atoms. The minimum atomic E-state index is -0.844. The Balaban J connectivity index is 1.63. The van der Waals surface area contributed by atoms with Crippen molar-refractivity contribution >= 4 is 67.2 Å². The van der Waals surface area contributed by atoms with E-state index in [0.717, 1.165) is 9.37 Å². The highest BCUT2D eigenvalue weighted by Crippen LogP contribution is 2.29. The molecule has 176 valence electrons. The van der Waals surface area contributed by atoms with Gasteiger partial charge < -0.3 is 4.74 Å². The topological polar surface area (TPSA) is 119 Å². The maximum Gasteiger partial charge on any atom is 0.335 e. The molecule has 4 rings (SSSR count). The van der Waals surface area contributed by atoms with Crippen LogP contribution in [0.2, 0.25) is 0 Å². The third-order valence-corrected chi connectivity index (χ3v) is 6.02. The molecule has 0 bridgehead atoms. The summed E-state index contributed by atoms with van der Waals surface area (Å²) in [5, 5.41) is 13.0. The Labute approximate surface area is 215 Å². The van der Waals surface area contributed by atoms with E-state index in [4.69, 9.17) is 4.74 Å². The number of non-ortho nitro benzene ring substituents is 1. The lowest BCUT2D eigenvalue weighted by Crippen LogP contribution is -2.54. The molecule has 0 atom stereocenters. The number of halogens is 2. The summed E-state index contributed by atoms with van der Waals surface area (Å²) in [5.74, 6) is -1.23. The standard InChI is InChI=1S/C24H15Br2N3O6/c25-16-3-8-18(9-4-16)28-23(31)20(22(30)27-24(28)32)12-15-11-17(26)5-10-21(15)35-13-14-1-6-19(7-2-14)29(33)34/h1-12H,13H2,(H,27,30,32)/b20-12+. The molecule has 3 aromatic carbocycles. The summed E-state index contributed by atoms with van der Waals surface area (Å²) in [5.41, 5.74) is 1.14. The zero-order valence-corrected chi connectivity index (χ0v) is 20.9. The van der Waals surface area contributed by atoms with Gasteiger partial charge in [-0.1, -0.05) is 31.9 Å². The molecular weight excluding hydrogens is 586 g/mol. The van der Waals surface area contributed by atoms with Gasteiger partial charge in [0.15, 0.2) is 0 Å². The number of anilines is 1. The van der Waals surface area contributed by atoms with E-state index >= 15 is 0 Å². The zero-order chi connectivity index (χ0) is 25.1. The number of carbonyl (C=O) groups excluding carboxylic acids is 3. The monoisotopic (exact) mass is 599 g/mol. The molecule has 3 aromatic rings. The van der Waals surface area contributed by atoms with E-state index in [0.29, 0.717) is 27.0 Å². The first-order valence-corrected chi connectivity index (χ1v) is 11.6. The van der Waals surface area contributed by atoms with E-state index in [-0.39, 0.29) is 17.9 Å². The Bertz CT molecular complexity index is 1370. The minimum Gasteiger partial charge on any atom is -0.488 e. The molecule has 4 amide bonds. The summed E-state index contributed by atoms with van der Waals surface area (Å²) < 4.78 is 7.32. The van der Waals surface area contributed by atoms with Crippen molar-refractivity contribution in [2.24, 2.45) is 0 Å². The number of hydrogen-bond donors (Lipinski definition) is 1. The predicted molar refractivity (Wildman–Crippen MR) is 135 cm³/mol. The van der Waals surface area contributed by atoms with E-state index in [2.05, 4.69) is 37.2 Å². The van der Waals surface area contributed by atoms with Crippen molar-refractivity contribution in [3.05, 3.63) is 102 Å². The predicted octanol–water partition coefficient (Wildman–Crippen LogP) is 5.37. The van der Waals surface area contributed by atoms with Crippen LogP contribution in [-0.4, -0.2) is 22.8 Å². The first kappa shape index (κ1) is 24.3. The second-order valence-electron chi connectivity index (χ2n) is 7.33. The lowest BCUT2D eigenvalue weighted by molar-refractivity contribution is -0.384. The Morgan fingerprint density at radius 3 is 2.26 bits per heavy atom. The van der Waals surface area contributed by atoms with Gasteiger partial charge in [0, 0.05) is 26.6 Å². The van der Waals surface area contributed by atoms with Gasteiger partial charge in [-0.05, 0) is 66.2 Å². The average Bonchev–Trinajstić information content (AvgIpc) is 2.82. The van der Waals surface area contributed by atoms with Crippen LogP contribution in [0.3, 0.4) is 0 Å². The molecule has 1 saturated heterocycles. The van der Waals surface area contributed by atoms with Gasteiger partial charge in [-0.3, -0.25) is 25.0 Å². The fraction of sp³-hybridized carbons (Fsp3) is 0.0417. The average molecular weight is 601 g/mol. The van der Waals surface area contributed by atoms with Crippen LogP contribution in [0.15, 0.2) is 81.2 Å². The Kier molecular flexibility index (Phi) is 7.08. The Morgan fingerprint density at radius 1 is 0.943 bits per heavy atom. The molecule has 0 radical (unpaired) electrons. The summed E-state index contributed by atoms with van der Waals surface area (Å²) in [7, 11) is 0. The van der Waals surface area contributed by atoms with Crippen LogP contribution < -0.4 is 15.0 Å². The highest BCUT2D eigenvalue weighted by molar-refractivity contribution is 9.10. The summed E-state index contributed by atoms with van der Waals surface area (Å²) in [6, 6.07) is 16.6. The number of nitrogens with zero attached hydrogens (tertiary/aromatic N) is 2. The molecular formula is C24H15Br2N3O6. The summed E-state index contributed by atoms with van der Waals surface area (Å²) in [6.45, 7) is 0.0967. The Morgan fingerprint density at radius 2 is 1.60 bits per heavy atom. The second kappa shape index (κ2) is 10.2. The molecule has 1 heterocycles. The highest BCUT2D eigenvalue weighted by Gasteiger charge is 2.37. The number of urea groups is 1. The van der Waals surface area contributed by atoms with Crippen molar-refractivity contribution in [3.63, 3.8) is 0 Å². The zero-order valence-electron chi connectivity index (χ0n) is 17.7. The van der Waals surface area contributed by atoms with Crippen molar-refractivity contribution in [2.45, 2.75) is 6.61 Å². The van der Waals surface area contributed by atoms with Gasteiger partial charge >= 0.3 is 6.03 Å². The van der Waals surface area contributed by atoms with Crippen LogP contribution in [-0.2, 0) is 16.2 Å². The van der Waals surface area contributed by atoms with Gasteiger partial charge in [0.05, 0.1) is 10.6 Å². The lowest BCUT2D eigenvalue weighted by Gasteiger charge is -2.26. The van der Waals surface area contributed by atoms with Crippen LogP contribution >= 0.6 is 31.9 Å². The lowest BCUT2D eigenvalue weighted by atomic mass is 10.1. The van der Waals surface area contributed by atoms with E-state index < -0.39 is 22.8 Å². The minimum absolute atomic E-state index is 0.0329. The quantitative estimate of drug-likeness (QED) is 0.176. The van der Waals surface area contributed by atoms with Crippen molar-refractivity contribution in [1.82, 2.24) is 5.32 Å². The number of rotatable bonds is 6. The first-order chi connectivity index (χ1) is 16.7. The summed E-state index contributed by atoms with van der Waals surface area (Å²) >= 11 is 6.67. The molecule has 11 heteroatoms. The number of imide groups is 2. The second-order valence-corrected chi connectivity index (χ2v) is 9.16. The number of amides is 4. The molecule has 1 N–H and O–H groups in total. The van der Waals surface area contributed by atoms with Crippen LogP contribution in [0.4, 0.5) is 16.2 Å². The Hall–Kier alpha value is -3.83. The van der Waals surface area contributed by atoms with Gasteiger partial charge in [-0.25, -0.2) is 9.69 Å². The molecule has 0 saturated carbocycles. The third-order valence-electron chi connectivity index (χ3n) is 5.00. The van der Waals surface area contributed by atoms with Crippen LogP contribution in [0.5, 0.6) is 5.75 Å². The fourth-order valence-electron chi connectivity index (χ4n) is 3.28. The molecule has 9 nitrogen and oxygen atoms in total. The fourth-order valence-corrected chi connectivity index (χ4v) is 3.92. The number of nitro groups is 1. The normalized spacial score (nSPS) is 14.7. The molecule has 35 heavy (non-hydrogen) atoms. The molecule has 1 aliphatic heterocycles. The van der Waals surface area contributed by atoms with Gasteiger partial charge in [0.25, 0.3) is 17.5 Å². The summed E-state index contributed by atoms with van der Waals surface area (Å²) in [6.07, 6.45) is 1.35. The SMILES string of the molecule is O=C1NC(=O)N(c2ccc(Br)cc2)C(=O)/C1=C/c1cc(Br)ccc1OCc1ccc([N+](=O)[O-])cc1. The van der Waals surface area contributed by atoms with Crippen LogP contribution in [0.25, 0.3) is 6.08 Å². The molecule has 0 aromatic heterocycles. The van der Waals surface area contributed by atoms with E-state index in [9.17, 15) is 24.5 Å². The molecule has 1 aliphatic rings. The third kappa shape index (κ3) is 5.47. The highest BCUT2D eigenvalue weighted by atomic mass is 79.9. The number of barbiturate groups is 1. The van der Waals surface area contributed by atoms with Crippen molar-refractivity contribution in [3.8, 4) is 5.75 Å². The molecule has 0 unspecified atom stereocenters. The van der Waals surface area contributed by atoms with E-state index in [1.165, 1.54) is 18.2 Å². The van der Waals surface area contributed by atoms with Crippen molar-refractivity contribution in [2.75, 3.05) is 4.90 Å². The van der Waals surface area contributed by atoms with Gasteiger partial charge in [0.2, 0.25) is 0 Å². The number of ether oxygens (including phenoxy) is 1. The van der Waals surface area contributed by atoms with Crippen LogP contribution in [0, 0.1) is 10.1 Å². The van der Waals surface area contributed by atoms with E-state index in [1.54, 1.807) is 54.6 Å².